The van der Waals surface area contributed by atoms with Gasteiger partial charge in [0.2, 0.25) is 0 Å². The molecule has 1 rings (SSSR count). The summed E-state index contributed by atoms with van der Waals surface area (Å²) < 4.78 is 1.77. The van der Waals surface area contributed by atoms with Gasteiger partial charge in [0.15, 0.2) is 0 Å². The third kappa shape index (κ3) is 2.67. The van der Waals surface area contributed by atoms with Crippen LogP contribution in [0.1, 0.15) is 20.8 Å². The van der Waals surface area contributed by atoms with Crippen molar-refractivity contribution in [2.45, 2.75) is 20.8 Å². The van der Waals surface area contributed by atoms with Crippen LogP contribution in [0.25, 0.3) is 0 Å². The monoisotopic (exact) mass is 211 g/mol. The lowest BCUT2D eigenvalue weighted by Gasteiger charge is -2.16. The summed E-state index contributed by atoms with van der Waals surface area (Å²) in [4.78, 5) is 16.6. The number of pyridine rings is 1. The van der Waals surface area contributed by atoms with Gasteiger partial charge in [-0.3, -0.25) is 0 Å². The van der Waals surface area contributed by atoms with E-state index in [2.05, 4.69) is 0 Å². The van der Waals surface area contributed by atoms with E-state index in [1.807, 2.05) is 0 Å². The van der Waals surface area contributed by atoms with Crippen molar-refractivity contribution in [3.63, 3.8) is 0 Å². The zero-order valence-corrected chi connectivity index (χ0v) is 9.30. The minimum atomic E-state index is -0.523. The fourth-order valence-electron chi connectivity index (χ4n) is 0.714. The molecule has 0 saturated heterocycles. The average molecular weight is 211 g/mol. The Labute approximate surface area is 88.3 Å². The summed E-state index contributed by atoms with van der Waals surface area (Å²) in [5.41, 5.74) is -0.523. The van der Waals surface area contributed by atoms with Gasteiger partial charge in [0.1, 0.15) is 4.64 Å². The molecule has 1 aromatic heterocycles. The molecule has 0 N–H and O–H groups in total. The first-order valence-corrected chi connectivity index (χ1v) is 4.72. The molecule has 0 aliphatic carbocycles. The zero-order chi connectivity index (χ0) is 10.8. The minimum Gasteiger partial charge on any atom is -0.335 e. The van der Waals surface area contributed by atoms with E-state index in [0.29, 0.717) is 4.64 Å². The smallest absolute Gasteiger partial charge is 0.335 e. The normalized spacial score (nSPS) is 11.1. The van der Waals surface area contributed by atoms with Crippen molar-refractivity contribution in [3.05, 3.63) is 29.0 Å². The highest BCUT2D eigenvalue weighted by atomic mass is 32.1. The van der Waals surface area contributed by atoms with Crippen LogP contribution < -0.4 is 4.84 Å². The van der Waals surface area contributed by atoms with Crippen LogP contribution in [-0.4, -0.2) is 10.7 Å². The highest BCUT2D eigenvalue weighted by Gasteiger charge is 2.24. The Morgan fingerprint density at radius 3 is 2.57 bits per heavy atom. The van der Waals surface area contributed by atoms with Crippen molar-refractivity contribution in [2.24, 2.45) is 5.41 Å². The van der Waals surface area contributed by atoms with E-state index in [0.717, 1.165) is 0 Å². The molecule has 3 nitrogen and oxygen atoms in total. The van der Waals surface area contributed by atoms with Crippen LogP contribution in [-0.2, 0) is 4.79 Å². The average Bonchev–Trinajstić information content (AvgIpc) is 2.07. The fourth-order valence-corrected chi connectivity index (χ4v) is 0.891. The summed E-state index contributed by atoms with van der Waals surface area (Å²) in [6, 6.07) is 5.25. The van der Waals surface area contributed by atoms with Crippen LogP contribution in [0.3, 0.4) is 0 Å². The Hall–Kier alpha value is -1.16. The summed E-state index contributed by atoms with van der Waals surface area (Å²) in [5.74, 6) is -0.306. The first-order chi connectivity index (χ1) is 6.41. The highest BCUT2D eigenvalue weighted by Crippen LogP contribution is 2.13. The third-order valence-electron chi connectivity index (χ3n) is 1.58. The minimum absolute atomic E-state index is 0.306. The lowest BCUT2D eigenvalue weighted by molar-refractivity contribution is -0.153. The van der Waals surface area contributed by atoms with Crippen molar-refractivity contribution in [1.29, 1.82) is 0 Å². The maximum atomic E-state index is 11.5. The second-order valence-electron chi connectivity index (χ2n) is 3.99. The third-order valence-corrected chi connectivity index (χ3v) is 1.90. The lowest BCUT2D eigenvalue weighted by atomic mass is 9.98. The van der Waals surface area contributed by atoms with Crippen LogP contribution in [0.4, 0.5) is 0 Å². The van der Waals surface area contributed by atoms with Crippen molar-refractivity contribution in [3.8, 4) is 0 Å². The first-order valence-electron chi connectivity index (χ1n) is 4.32. The summed E-state index contributed by atoms with van der Waals surface area (Å²) in [5, 5.41) is 0. The Kier molecular flexibility index (Phi) is 3.06. The Balaban J connectivity index is 2.86. The van der Waals surface area contributed by atoms with Crippen molar-refractivity contribution < 1.29 is 9.63 Å². The van der Waals surface area contributed by atoms with E-state index >= 15 is 0 Å². The fraction of sp³-hybridized carbons (Fsp3) is 0.400. The molecule has 4 heteroatoms. The molecule has 0 unspecified atom stereocenters. The molecule has 0 fully saturated rings. The lowest BCUT2D eigenvalue weighted by Crippen LogP contribution is -2.31. The number of aromatic nitrogens is 1. The summed E-state index contributed by atoms with van der Waals surface area (Å²) in [6.45, 7) is 5.38. The largest absolute Gasteiger partial charge is 0.338 e. The molecular formula is C10H13NO2S. The maximum absolute atomic E-state index is 11.5. The molecule has 14 heavy (non-hydrogen) atoms. The predicted octanol–water partition coefficient (Wildman–Crippen LogP) is 2.22. The van der Waals surface area contributed by atoms with E-state index in [4.69, 9.17) is 17.1 Å². The van der Waals surface area contributed by atoms with Gasteiger partial charge >= 0.3 is 5.97 Å². The van der Waals surface area contributed by atoms with Crippen LogP contribution in [0.5, 0.6) is 0 Å². The van der Waals surface area contributed by atoms with Crippen LogP contribution in [0.15, 0.2) is 24.4 Å². The van der Waals surface area contributed by atoms with Gasteiger partial charge in [-0.25, -0.2) is 4.79 Å². The van der Waals surface area contributed by atoms with E-state index in [1.165, 1.54) is 4.73 Å². The topological polar surface area (TPSA) is 31.2 Å². The van der Waals surface area contributed by atoms with Crippen LogP contribution >= 0.6 is 12.2 Å². The molecule has 0 saturated carbocycles. The Bertz CT molecular complexity index is 390. The van der Waals surface area contributed by atoms with Gasteiger partial charge in [-0.05, 0) is 32.9 Å². The number of rotatable bonds is 1. The van der Waals surface area contributed by atoms with Crippen molar-refractivity contribution in [2.75, 3.05) is 0 Å². The quantitative estimate of drug-likeness (QED) is 0.667. The molecule has 0 bridgehead atoms. The van der Waals surface area contributed by atoms with Gasteiger partial charge in [0.05, 0.1) is 5.41 Å². The first kappa shape index (κ1) is 10.9. The maximum Gasteiger partial charge on any atom is 0.338 e. The number of carbonyl (C=O) groups excluding carboxylic acids is 1. The molecule has 0 aliphatic heterocycles. The molecule has 0 amide bonds. The highest BCUT2D eigenvalue weighted by molar-refractivity contribution is 7.71. The van der Waals surface area contributed by atoms with E-state index < -0.39 is 5.41 Å². The molecule has 0 aliphatic rings. The van der Waals surface area contributed by atoms with Gasteiger partial charge < -0.3 is 4.84 Å². The molecule has 76 valence electrons. The van der Waals surface area contributed by atoms with Gasteiger partial charge in [-0.15, -0.1) is 0 Å². The second-order valence-corrected chi connectivity index (χ2v) is 4.41. The van der Waals surface area contributed by atoms with Crippen molar-refractivity contribution >= 4 is 18.2 Å². The van der Waals surface area contributed by atoms with E-state index in [9.17, 15) is 4.79 Å². The molecule has 0 atom stereocenters. The molecular weight excluding hydrogens is 198 g/mol. The molecule has 0 spiro atoms. The van der Waals surface area contributed by atoms with Crippen LogP contribution in [0.2, 0.25) is 0 Å². The van der Waals surface area contributed by atoms with Crippen LogP contribution in [0, 0.1) is 10.1 Å². The second kappa shape index (κ2) is 3.92. The molecule has 0 aromatic carbocycles. The molecule has 1 aromatic rings. The summed E-state index contributed by atoms with van der Waals surface area (Å²) in [7, 11) is 0. The number of hydrogen-bond donors (Lipinski definition) is 0. The Morgan fingerprint density at radius 2 is 2.07 bits per heavy atom. The van der Waals surface area contributed by atoms with Gasteiger partial charge in [-0.2, -0.15) is 4.73 Å². The standard InChI is InChI=1S/C10H13NO2S/c1-10(2,3)9(12)13-11-7-5-4-6-8(11)14/h4-7H,1-3H3. The Morgan fingerprint density at radius 1 is 1.43 bits per heavy atom. The van der Waals surface area contributed by atoms with Gasteiger partial charge in [0.25, 0.3) is 0 Å². The van der Waals surface area contributed by atoms with Gasteiger partial charge in [0, 0.05) is 6.20 Å². The SMILES string of the molecule is CC(C)(C)C(=O)On1ccccc1=S. The predicted molar refractivity (Wildman–Crippen MR) is 56.3 cm³/mol. The van der Waals surface area contributed by atoms with E-state index in [-0.39, 0.29) is 5.97 Å². The van der Waals surface area contributed by atoms with Gasteiger partial charge in [-0.1, -0.05) is 18.3 Å². The van der Waals surface area contributed by atoms with E-state index in [1.54, 1.807) is 45.2 Å². The number of hydrogen-bond acceptors (Lipinski definition) is 3. The summed E-state index contributed by atoms with van der Waals surface area (Å²) >= 11 is 4.98. The molecule has 1 heterocycles. The number of carbonyl (C=O) groups is 1. The molecule has 0 radical (unpaired) electrons. The zero-order valence-electron chi connectivity index (χ0n) is 8.48. The number of nitrogens with zero attached hydrogens (tertiary/aromatic N) is 1. The summed E-state index contributed by atoms with van der Waals surface area (Å²) in [6.07, 6.45) is 1.62. The van der Waals surface area contributed by atoms with Crippen molar-refractivity contribution in [1.82, 2.24) is 4.73 Å².